The van der Waals surface area contributed by atoms with Gasteiger partial charge in [-0.15, -0.1) is 0 Å². The molecule has 3 heteroatoms. The number of benzene rings is 1. The van der Waals surface area contributed by atoms with Gasteiger partial charge in [-0.05, 0) is 12.8 Å². The summed E-state index contributed by atoms with van der Waals surface area (Å²) in [6.45, 7) is 5.25. The molecule has 1 N–H and O–H groups in total. The van der Waals surface area contributed by atoms with E-state index in [-0.39, 0.29) is 0 Å². The van der Waals surface area contributed by atoms with Gasteiger partial charge in [-0.2, -0.15) is 5.10 Å². The number of hydrogen-bond donors (Lipinski definition) is 1. The van der Waals surface area contributed by atoms with E-state index in [1.165, 1.54) is 42.5 Å². The van der Waals surface area contributed by atoms with Crippen molar-refractivity contribution in [2.75, 3.05) is 0 Å². The molecule has 2 aromatic rings. The Hall–Kier alpha value is -1.61. The van der Waals surface area contributed by atoms with E-state index in [0.717, 1.165) is 6.54 Å². The first kappa shape index (κ1) is 14.3. The van der Waals surface area contributed by atoms with Gasteiger partial charge in [0, 0.05) is 23.7 Å². The highest BCUT2D eigenvalue weighted by Crippen LogP contribution is 2.34. The number of hydrogen-bond acceptors (Lipinski definition) is 2. The van der Waals surface area contributed by atoms with Crippen LogP contribution >= 0.6 is 0 Å². The van der Waals surface area contributed by atoms with Crippen LogP contribution in [0.2, 0.25) is 0 Å². The minimum atomic E-state index is 0.489. The van der Waals surface area contributed by atoms with Crippen molar-refractivity contribution >= 4 is 0 Å². The van der Waals surface area contributed by atoms with Crippen molar-refractivity contribution in [1.82, 2.24) is 15.1 Å². The van der Waals surface area contributed by atoms with Gasteiger partial charge in [-0.3, -0.25) is 4.68 Å². The predicted molar refractivity (Wildman–Crippen MR) is 87.1 cm³/mol. The maximum absolute atomic E-state index is 4.73. The maximum Gasteiger partial charge on any atom is 0.0730 e. The Kier molecular flexibility index (Phi) is 4.39. The third kappa shape index (κ3) is 3.18. The minimum absolute atomic E-state index is 0.489. The quantitative estimate of drug-likeness (QED) is 0.892. The van der Waals surface area contributed by atoms with Crippen molar-refractivity contribution in [2.24, 2.45) is 0 Å². The van der Waals surface area contributed by atoms with Crippen LogP contribution in [0.1, 0.15) is 51.1 Å². The third-order valence-corrected chi connectivity index (χ3v) is 4.29. The first-order valence-electron chi connectivity index (χ1n) is 8.11. The van der Waals surface area contributed by atoms with E-state index in [4.69, 9.17) is 5.10 Å². The van der Waals surface area contributed by atoms with Gasteiger partial charge in [0.1, 0.15) is 0 Å². The van der Waals surface area contributed by atoms with Crippen LogP contribution in [0.4, 0.5) is 0 Å². The molecule has 0 bridgehead atoms. The molecule has 3 rings (SSSR count). The largest absolute Gasteiger partial charge is 0.310 e. The van der Waals surface area contributed by atoms with Gasteiger partial charge in [0.15, 0.2) is 0 Å². The van der Waals surface area contributed by atoms with Gasteiger partial charge in [0.2, 0.25) is 0 Å². The van der Waals surface area contributed by atoms with Gasteiger partial charge in [-0.1, -0.05) is 57.0 Å². The Morgan fingerprint density at radius 1 is 1.19 bits per heavy atom. The van der Waals surface area contributed by atoms with Crippen molar-refractivity contribution in [2.45, 2.75) is 58.2 Å². The normalized spacial score (nSPS) is 16.0. The molecule has 112 valence electrons. The topological polar surface area (TPSA) is 29.9 Å². The second kappa shape index (κ2) is 6.44. The number of nitrogens with zero attached hydrogens (tertiary/aromatic N) is 2. The summed E-state index contributed by atoms with van der Waals surface area (Å²) in [5.74, 6) is 0. The molecule has 3 nitrogen and oxygen atoms in total. The Bertz CT molecular complexity index is 565. The van der Waals surface area contributed by atoms with Crippen LogP contribution in [-0.4, -0.2) is 15.8 Å². The van der Waals surface area contributed by atoms with Gasteiger partial charge in [0.05, 0.1) is 17.9 Å². The maximum atomic E-state index is 4.73. The standard InChI is InChI=1S/C18H25N3/c1-14(2)19-12-16-13-20-21(17-10-6-7-11-17)18(16)15-8-4-3-5-9-15/h3-5,8-9,13-14,17,19H,6-7,10-12H2,1-2H3. The summed E-state index contributed by atoms with van der Waals surface area (Å²) in [6, 6.07) is 11.8. The molecule has 0 atom stereocenters. The van der Waals surface area contributed by atoms with Crippen molar-refractivity contribution in [1.29, 1.82) is 0 Å². The molecule has 1 heterocycles. The summed E-state index contributed by atoms with van der Waals surface area (Å²) < 4.78 is 2.28. The fourth-order valence-corrected chi connectivity index (χ4v) is 3.18. The second-order valence-corrected chi connectivity index (χ2v) is 6.30. The molecule has 1 aromatic heterocycles. The molecule has 1 aromatic carbocycles. The Morgan fingerprint density at radius 2 is 1.90 bits per heavy atom. The average Bonchev–Trinajstić information content (AvgIpc) is 3.15. The lowest BCUT2D eigenvalue weighted by molar-refractivity contribution is 0.471. The summed E-state index contributed by atoms with van der Waals surface area (Å²) >= 11 is 0. The molecule has 0 aliphatic heterocycles. The Morgan fingerprint density at radius 3 is 2.57 bits per heavy atom. The molecule has 0 radical (unpaired) electrons. The van der Waals surface area contributed by atoms with Crippen LogP contribution in [0.15, 0.2) is 36.5 Å². The Balaban J connectivity index is 1.97. The molecule has 1 saturated carbocycles. The van der Waals surface area contributed by atoms with Crippen molar-refractivity contribution in [3.63, 3.8) is 0 Å². The Labute approximate surface area is 127 Å². The first-order chi connectivity index (χ1) is 10.3. The fraction of sp³-hybridized carbons (Fsp3) is 0.500. The third-order valence-electron chi connectivity index (χ3n) is 4.29. The monoisotopic (exact) mass is 283 g/mol. The minimum Gasteiger partial charge on any atom is -0.310 e. The zero-order valence-electron chi connectivity index (χ0n) is 13.0. The fourth-order valence-electron chi connectivity index (χ4n) is 3.18. The number of aromatic nitrogens is 2. The van der Waals surface area contributed by atoms with Crippen LogP contribution in [-0.2, 0) is 6.54 Å². The van der Waals surface area contributed by atoms with Crippen LogP contribution in [0.3, 0.4) is 0 Å². The second-order valence-electron chi connectivity index (χ2n) is 6.30. The molecule has 0 amide bonds. The summed E-state index contributed by atoms with van der Waals surface area (Å²) in [4.78, 5) is 0. The molecule has 1 aliphatic carbocycles. The van der Waals surface area contributed by atoms with Crippen LogP contribution in [0.5, 0.6) is 0 Å². The van der Waals surface area contributed by atoms with Crippen molar-refractivity contribution < 1.29 is 0 Å². The lowest BCUT2D eigenvalue weighted by Gasteiger charge is -2.16. The van der Waals surface area contributed by atoms with Crippen LogP contribution in [0, 0.1) is 0 Å². The summed E-state index contributed by atoms with van der Waals surface area (Å²) in [7, 11) is 0. The molecular formula is C18H25N3. The summed E-state index contributed by atoms with van der Waals surface area (Å²) in [5.41, 5.74) is 3.89. The summed E-state index contributed by atoms with van der Waals surface area (Å²) in [5, 5.41) is 8.25. The lowest BCUT2D eigenvalue weighted by Crippen LogP contribution is -2.22. The van der Waals surface area contributed by atoms with Gasteiger partial charge >= 0.3 is 0 Å². The molecule has 0 saturated heterocycles. The van der Waals surface area contributed by atoms with E-state index in [0.29, 0.717) is 12.1 Å². The molecule has 1 fully saturated rings. The zero-order chi connectivity index (χ0) is 14.7. The van der Waals surface area contributed by atoms with E-state index in [1.807, 2.05) is 0 Å². The van der Waals surface area contributed by atoms with Gasteiger partial charge in [0.25, 0.3) is 0 Å². The molecule has 0 unspecified atom stereocenters. The number of nitrogens with one attached hydrogen (secondary N) is 1. The van der Waals surface area contributed by atoms with Crippen LogP contribution in [0.25, 0.3) is 11.3 Å². The highest BCUT2D eigenvalue weighted by molar-refractivity contribution is 5.63. The van der Waals surface area contributed by atoms with Crippen molar-refractivity contribution in [3.8, 4) is 11.3 Å². The summed E-state index contributed by atoms with van der Waals surface area (Å²) in [6.07, 6.45) is 7.24. The molecule has 1 aliphatic rings. The van der Waals surface area contributed by atoms with E-state index in [1.54, 1.807) is 0 Å². The molecule has 0 spiro atoms. The molecular weight excluding hydrogens is 258 g/mol. The van der Waals surface area contributed by atoms with E-state index < -0.39 is 0 Å². The highest BCUT2D eigenvalue weighted by atomic mass is 15.3. The lowest BCUT2D eigenvalue weighted by atomic mass is 10.1. The SMILES string of the molecule is CC(C)NCc1cnn(C2CCCC2)c1-c1ccccc1. The first-order valence-corrected chi connectivity index (χ1v) is 8.11. The average molecular weight is 283 g/mol. The smallest absolute Gasteiger partial charge is 0.0730 e. The zero-order valence-corrected chi connectivity index (χ0v) is 13.0. The molecule has 21 heavy (non-hydrogen) atoms. The van der Waals surface area contributed by atoms with E-state index >= 15 is 0 Å². The van der Waals surface area contributed by atoms with Gasteiger partial charge < -0.3 is 5.32 Å². The van der Waals surface area contributed by atoms with E-state index in [2.05, 4.69) is 60.4 Å². The predicted octanol–water partition coefficient (Wildman–Crippen LogP) is 4.16. The van der Waals surface area contributed by atoms with Crippen molar-refractivity contribution in [3.05, 3.63) is 42.1 Å². The van der Waals surface area contributed by atoms with Crippen LogP contribution < -0.4 is 5.32 Å². The van der Waals surface area contributed by atoms with Gasteiger partial charge in [-0.25, -0.2) is 0 Å². The highest BCUT2D eigenvalue weighted by Gasteiger charge is 2.22. The number of rotatable bonds is 5. The van der Waals surface area contributed by atoms with E-state index in [9.17, 15) is 0 Å².